The highest BCUT2D eigenvalue weighted by atomic mass is 32.2. The molecular weight excluding hydrogens is 312 g/mol. The highest BCUT2D eigenvalue weighted by molar-refractivity contribution is 7.98. The number of nitrogens with two attached hydrogens (primary N) is 1. The van der Waals surface area contributed by atoms with Crippen molar-refractivity contribution in [2.24, 2.45) is 0 Å². The summed E-state index contributed by atoms with van der Waals surface area (Å²) < 4.78 is 7.53. The molecule has 3 rings (SSSR count). The molecule has 1 atom stereocenters. The van der Waals surface area contributed by atoms with E-state index in [1.165, 1.54) is 11.8 Å². The lowest BCUT2D eigenvalue weighted by atomic mass is 10.2. The van der Waals surface area contributed by atoms with Crippen molar-refractivity contribution in [3.8, 4) is 0 Å². The Morgan fingerprint density at radius 1 is 1.26 bits per heavy atom. The van der Waals surface area contributed by atoms with E-state index in [1.54, 1.807) is 4.52 Å². The van der Waals surface area contributed by atoms with Gasteiger partial charge in [-0.25, -0.2) is 4.98 Å². The van der Waals surface area contributed by atoms with Crippen molar-refractivity contribution < 1.29 is 4.74 Å². The summed E-state index contributed by atoms with van der Waals surface area (Å²) >= 11 is 1.47. The van der Waals surface area contributed by atoms with E-state index in [0.717, 1.165) is 5.56 Å². The van der Waals surface area contributed by atoms with Crippen molar-refractivity contribution in [2.45, 2.75) is 31.1 Å². The van der Waals surface area contributed by atoms with Crippen LogP contribution >= 0.6 is 11.8 Å². The molecule has 2 aromatic heterocycles. The molecule has 0 saturated carbocycles. The van der Waals surface area contributed by atoms with Crippen LogP contribution in [0.15, 0.2) is 35.4 Å². The molecule has 0 fully saturated rings. The molecular formula is C15H18N6OS. The van der Waals surface area contributed by atoms with Gasteiger partial charge in [0.05, 0.1) is 12.7 Å². The normalized spacial score (nSPS) is 12.6. The van der Waals surface area contributed by atoms with Crippen LogP contribution in [0, 0.1) is 0 Å². The summed E-state index contributed by atoms with van der Waals surface area (Å²) in [7, 11) is 0. The smallest absolute Gasteiger partial charge is 0.239 e. The monoisotopic (exact) mass is 330 g/mol. The molecule has 0 aliphatic rings. The third-order valence-electron chi connectivity index (χ3n) is 3.36. The average molecular weight is 330 g/mol. The number of fused-ring (bicyclic) bond motifs is 1. The van der Waals surface area contributed by atoms with E-state index < -0.39 is 0 Å². The number of benzene rings is 1. The van der Waals surface area contributed by atoms with E-state index in [0.29, 0.717) is 29.5 Å². The molecule has 2 heterocycles. The minimum absolute atomic E-state index is 0.0171. The van der Waals surface area contributed by atoms with Gasteiger partial charge in [-0.2, -0.15) is 4.52 Å². The first-order chi connectivity index (χ1) is 11.2. The van der Waals surface area contributed by atoms with Crippen LogP contribution < -0.4 is 5.73 Å². The first-order valence-corrected chi connectivity index (χ1v) is 8.47. The molecule has 0 aliphatic heterocycles. The number of anilines is 1. The van der Waals surface area contributed by atoms with Crippen LogP contribution in [-0.2, 0) is 17.8 Å². The van der Waals surface area contributed by atoms with Gasteiger partial charge in [0.15, 0.2) is 5.82 Å². The summed E-state index contributed by atoms with van der Waals surface area (Å²) in [5.41, 5.74) is 7.51. The molecule has 7 nitrogen and oxygen atoms in total. The second kappa shape index (κ2) is 6.93. The molecule has 8 heteroatoms. The summed E-state index contributed by atoms with van der Waals surface area (Å²) in [5, 5.41) is 13.3. The van der Waals surface area contributed by atoms with Gasteiger partial charge in [-0.3, -0.25) is 0 Å². The van der Waals surface area contributed by atoms with Crippen LogP contribution in [0.3, 0.4) is 0 Å². The lowest BCUT2D eigenvalue weighted by Crippen LogP contribution is -2.15. The molecule has 0 unspecified atom stereocenters. The number of nitrogens with zero attached hydrogens (tertiary/aromatic N) is 5. The maximum atomic E-state index is 5.88. The van der Waals surface area contributed by atoms with Crippen molar-refractivity contribution in [1.82, 2.24) is 24.8 Å². The number of ether oxygens (including phenoxy) is 1. The average Bonchev–Trinajstić information content (AvgIpc) is 2.96. The van der Waals surface area contributed by atoms with Crippen LogP contribution in [0.2, 0.25) is 0 Å². The van der Waals surface area contributed by atoms with E-state index >= 15 is 0 Å². The highest BCUT2D eigenvalue weighted by Gasteiger charge is 2.15. The van der Waals surface area contributed by atoms with Crippen LogP contribution in [0.25, 0.3) is 5.65 Å². The molecule has 0 aliphatic carbocycles. The first kappa shape index (κ1) is 15.7. The van der Waals surface area contributed by atoms with Gasteiger partial charge in [0.2, 0.25) is 11.6 Å². The third kappa shape index (κ3) is 3.59. The number of rotatable bonds is 6. The second-order valence-electron chi connectivity index (χ2n) is 5.14. The minimum atomic E-state index is -0.0171. The van der Waals surface area contributed by atoms with Crippen LogP contribution in [0.4, 0.5) is 5.95 Å². The van der Waals surface area contributed by atoms with Gasteiger partial charge in [0.1, 0.15) is 5.03 Å². The molecule has 3 aromatic rings. The summed E-state index contributed by atoms with van der Waals surface area (Å²) in [4.78, 5) is 4.16. The van der Waals surface area contributed by atoms with Crippen LogP contribution in [-0.4, -0.2) is 37.2 Å². The first-order valence-electron chi connectivity index (χ1n) is 7.24. The Bertz CT molecular complexity index is 791. The third-order valence-corrected chi connectivity index (χ3v) is 4.02. The summed E-state index contributed by atoms with van der Waals surface area (Å²) in [6.45, 7) is 2.57. The zero-order valence-electron chi connectivity index (χ0n) is 13.0. The highest BCUT2D eigenvalue weighted by Crippen LogP contribution is 2.18. The SMILES string of the molecule is CSc1nc(N)nn2c(C[C@@H](C)OCc3ccccc3)nnc12. The molecule has 0 saturated heterocycles. The van der Waals surface area contributed by atoms with Gasteiger partial charge >= 0.3 is 0 Å². The fourth-order valence-corrected chi connectivity index (χ4v) is 2.72. The van der Waals surface area contributed by atoms with E-state index in [1.807, 2.05) is 43.5 Å². The number of hydrogen-bond donors (Lipinski definition) is 1. The molecule has 120 valence electrons. The number of nitrogen functional groups attached to an aromatic ring is 1. The van der Waals surface area contributed by atoms with E-state index in [4.69, 9.17) is 10.5 Å². The fraction of sp³-hybridized carbons (Fsp3) is 0.333. The molecule has 1 aromatic carbocycles. The lowest BCUT2D eigenvalue weighted by molar-refractivity contribution is 0.0519. The predicted octanol–water partition coefficient (Wildman–Crippen LogP) is 1.97. The van der Waals surface area contributed by atoms with E-state index in [2.05, 4.69) is 20.3 Å². The molecule has 0 spiro atoms. The van der Waals surface area contributed by atoms with E-state index in [9.17, 15) is 0 Å². The van der Waals surface area contributed by atoms with Crippen LogP contribution in [0.5, 0.6) is 0 Å². The maximum absolute atomic E-state index is 5.88. The van der Waals surface area contributed by atoms with Crippen molar-refractivity contribution >= 4 is 23.4 Å². The van der Waals surface area contributed by atoms with Crippen molar-refractivity contribution in [3.63, 3.8) is 0 Å². The maximum Gasteiger partial charge on any atom is 0.239 e. The van der Waals surface area contributed by atoms with Crippen molar-refractivity contribution in [3.05, 3.63) is 41.7 Å². The van der Waals surface area contributed by atoms with Gasteiger partial charge in [-0.05, 0) is 18.7 Å². The summed E-state index contributed by atoms with van der Waals surface area (Å²) in [5.74, 6) is 0.922. The molecule has 0 amide bonds. The van der Waals surface area contributed by atoms with Gasteiger partial charge in [-0.1, -0.05) is 30.3 Å². The molecule has 0 radical (unpaired) electrons. The summed E-state index contributed by atoms with van der Waals surface area (Å²) in [6, 6.07) is 10.1. The minimum Gasteiger partial charge on any atom is -0.373 e. The Labute approximate surface area is 138 Å². The zero-order valence-corrected chi connectivity index (χ0v) is 13.8. The predicted molar refractivity (Wildman–Crippen MR) is 89.2 cm³/mol. The number of thioether (sulfide) groups is 1. The van der Waals surface area contributed by atoms with Gasteiger partial charge < -0.3 is 10.5 Å². The summed E-state index contributed by atoms with van der Waals surface area (Å²) in [6.07, 6.45) is 2.50. The Kier molecular flexibility index (Phi) is 4.73. The lowest BCUT2D eigenvalue weighted by Gasteiger charge is -2.12. The number of aromatic nitrogens is 5. The van der Waals surface area contributed by atoms with Gasteiger partial charge in [0.25, 0.3) is 0 Å². The Morgan fingerprint density at radius 3 is 2.78 bits per heavy atom. The number of hydrogen-bond acceptors (Lipinski definition) is 7. The molecule has 0 bridgehead atoms. The molecule has 23 heavy (non-hydrogen) atoms. The zero-order chi connectivity index (χ0) is 16.2. The Hall–Kier alpha value is -2.19. The topological polar surface area (TPSA) is 91.2 Å². The largest absolute Gasteiger partial charge is 0.373 e. The second-order valence-corrected chi connectivity index (χ2v) is 5.94. The van der Waals surface area contributed by atoms with Crippen molar-refractivity contribution in [1.29, 1.82) is 0 Å². The quantitative estimate of drug-likeness (QED) is 0.691. The standard InChI is InChI=1S/C15H18N6OS/c1-10(22-9-11-6-4-3-5-7-11)8-12-18-19-13-14(23-2)17-15(16)20-21(12)13/h3-7,10H,8-9H2,1-2H3,(H2,16,20)/t10-/m1/s1. The van der Waals surface area contributed by atoms with Gasteiger partial charge in [0, 0.05) is 6.42 Å². The van der Waals surface area contributed by atoms with Crippen molar-refractivity contribution in [2.75, 3.05) is 12.0 Å². The Morgan fingerprint density at radius 2 is 2.04 bits per heavy atom. The van der Waals surface area contributed by atoms with Crippen LogP contribution in [0.1, 0.15) is 18.3 Å². The van der Waals surface area contributed by atoms with Gasteiger partial charge in [-0.15, -0.1) is 27.1 Å². The fourth-order valence-electron chi connectivity index (χ4n) is 2.22. The molecule has 2 N–H and O–H groups in total. The Balaban J connectivity index is 1.72. The van der Waals surface area contributed by atoms with E-state index in [-0.39, 0.29) is 12.1 Å².